The van der Waals surface area contributed by atoms with Crippen LogP contribution in [0.25, 0.3) is 0 Å². The van der Waals surface area contributed by atoms with Crippen molar-refractivity contribution < 1.29 is 4.74 Å². The van der Waals surface area contributed by atoms with Gasteiger partial charge in [0.05, 0.1) is 6.10 Å². The van der Waals surface area contributed by atoms with Crippen LogP contribution in [0.5, 0.6) is 0 Å². The minimum Gasteiger partial charge on any atom is -0.381 e. The summed E-state index contributed by atoms with van der Waals surface area (Å²) in [5.41, 5.74) is 2.40. The van der Waals surface area contributed by atoms with Gasteiger partial charge in [-0.3, -0.25) is 0 Å². The van der Waals surface area contributed by atoms with Crippen LogP contribution in [0.2, 0.25) is 5.02 Å². The molecule has 1 atom stereocenters. The first-order chi connectivity index (χ1) is 10.2. The summed E-state index contributed by atoms with van der Waals surface area (Å²) < 4.78 is 5.43. The molecule has 1 fully saturated rings. The number of methoxy groups -OCH3 is 1. The maximum atomic E-state index is 6.49. The van der Waals surface area contributed by atoms with Crippen LogP contribution in [0.4, 0.5) is 5.69 Å². The molecule has 0 saturated carbocycles. The van der Waals surface area contributed by atoms with Gasteiger partial charge in [0.25, 0.3) is 0 Å². The van der Waals surface area contributed by atoms with Gasteiger partial charge in [-0.15, -0.1) is 0 Å². The van der Waals surface area contributed by atoms with Gasteiger partial charge in [-0.1, -0.05) is 24.6 Å². The number of rotatable bonds is 6. The van der Waals surface area contributed by atoms with E-state index in [1.165, 1.54) is 11.3 Å². The lowest BCUT2D eigenvalue weighted by molar-refractivity contribution is 0.0819. The molecular formula is C17H27ClN2O. The lowest BCUT2D eigenvalue weighted by Crippen LogP contribution is -2.36. The van der Waals surface area contributed by atoms with Gasteiger partial charge in [-0.05, 0) is 50.4 Å². The first-order valence-electron chi connectivity index (χ1n) is 7.96. The molecule has 1 saturated heterocycles. The van der Waals surface area contributed by atoms with E-state index in [1.54, 1.807) is 7.11 Å². The molecule has 1 aliphatic rings. The molecule has 0 aliphatic carbocycles. The summed E-state index contributed by atoms with van der Waals surface area (Å²) in [7, 11) is 1.80. The summed E-state index contributed by atoms with van der Waals surface area (Å²) in [5, 5.41) is 4.35. The topological polar surface area (TPSA) is 24.5 Å². The zero-order chi connectivity index (χ0) is 15.2. The summed E-state index contributed by atoms with van der Waals surface area (Å²) >= 11 is 6.49. The van der Waals surface area contributed by atoms with E-state index in [4.69, 9.17) is 16.3 Å². The predicted octanol–water partition coefficient (Wildman–Crippen LogP) is 4.02. The predicted molar refractivity (Wildman–Crippen MR) is 90.4 cm³/mol. The molecular weight excluding hydrogens is 284 g/mol. The first kappa shape index (κ1) is 16.6. The van der Waals surface area contributed by atoms with Crippen molar-refractivity contribution in [2.24, 2.45) is 0 Å². The molecule has 0 amide bonds. The van der Waals surface area contributed by atoms with Gasteiger partial charge < -0.3 is 15.0 Å². The van der Waals surface area contributed by atoms with E-state index < -0.39 is 0 Å². The second-order valence-electron chi connectivity index (χ2n) is 5.80. The molecule has 0 bridgehead atoms. The van der Waals surface area contributed by atoms with Crippen LogP contribution >= 0.6 is 11.6 Å². The molecule has 2 rings (SSSR count). The average Bonchev–Trinajstić information content (AvgIpc) is 2.52. The Morgan fingerprint density at radius 2 is 2.10 bits per heavy atom. The highest BCUT2D eigenvalue weighted by Crippen LogP contribution is 2.29. The van der Waals surface area contributed by atoms with Crippen LogP contribution in [0, 0.1) is 0 Å². The normalized spacial score (nSPS) is 18.0. The second-order valence-corrected chi connectivity index (χ2v) is 6.21. The number of hydrogen-bond acceptors (Lipinski definition) is 3. The Balaban J connectivity index is 2.02. The molecule has 1 heterocycles. The highest BCUT2D eigenvalue weighted by Gasteiger charge is 2.19. The molecule has 21 heavy (non-hydrogen) atoms. The molecule has 4 heteroatoms. The van der Waals surface area contributed by atoms with Crippen molar-refractivity contribution in [2.75, 3.05) is 31.6 Å². The first-order valence-corrected chi connectivity index (χ1v) is 8.34. The largest absolute Gasteiger partial charge is 0.381 e. The number of hydrogen-bond donors (Lipinski definition) is 1. The molecule has 3 nitrogen and oxygen atoms in total. The van der Waals surface area contributed by atoms with Crippen molar-refractivity contribution in [1.29, 1.82) is 0 Å². The monoisotopic (exact) mass is 310 g/mol. The standard InChI is InChI=1S/C17H27ClN2O/c1-4-9-19-13(2)16-6-5-14(12-17(16)18)20-10-7-15(21-3)8-11-20/h5-6,12-13,15,19H,4,7-11H2,1-3H3. The Hall–Kier alpha value is -0.770. The Labute approximate surface area is 133 Å². The van der Waals surface area contributed by atoms with E-state index >= 15 is 0 Å². The fourth-order valence-electron chi connectivity index (χ4n) is 2.88. The van der Waals surface area contributed by atoms with E-state index in [0.717, 1.165) is 43.9 Å². The fraction of sp³-hybridized carbons (Fsp3) is 0.647. The summed E-state index contributed by atoms with van der Waals surface area (Å²) in [6.45, 7) is 7.44. The van der Waals surface area contributed by atoms with Crippen molar-refractivity contribution >= 4 is 17.3 Å². The highest BCUT2D eigenvalue weighted by atomic mass is 35.5. The van der Waals surface area contributed by atoms with Crippen molar-refractivity contribution in [3.63, 3.8) is 0 Å². The third kappa shape index (κ3) is 4.35. The number of ether oxygens (including phenoxy) is 1. The lowest BCUT2D eigenvalue weighted by Gasteiger charge is -2.33. The van der Waals surface area contributed by atoms with Crippen LogP contribution in [0.3, 0.4) is 0 Å². The lowest BCUT2D eigenvalue weighted by atomic mass is 10.0. The van der Waals surface area contributed by atoms with E-state index in [9.17, 15) is 0 Å². The summed E-state index contributed by atoms with van der Waals surface area (Å²) in [6, 6.07) is 6.76. The molecule has 1 unspecified atom stereocenters. The fourth-order valence-corrected chi connectivity index (χ4v) is 3.22. The van der Waals surface area contributed by atoms with Crippen LogP contribution in [0.1, 0.15) is 44.7 Å². The number of piperidine rings is 1. The Bertz CT molecular complexity index is 444. The smallest absolute Gasteiger partial charge is 0.0605 e. The van der Waals surface area contributed by atoms with Crippen LogP contribution < -0.4 is 10.2 Å². The van der Waals surface area contributed by atoms with Crippen molar-refractivity contribution in [3.05, 3.63) is 28.8 Å². The van der Waals surface area contributed by atoms with Crippen molar-refractivity contribution in [3.8, 4) is 0 Å². The number of nitrogens with one attached hydrogen (secondary N) is 1. The maximum absolute atomic E-state index is 6.49. The molecule has 0 spiro atoms. The number of halogens is 1. The van der Waals surface area contributed by atoms with Gasteiger partial charge in [-0.25, -0.2) is 0 Å². The summed E-state index contributed by atoms with van der Waals surface area (Å²) in [5.74, 6) is 0. The third-order valence-corrected chi connectivity index (χ3v) is 4.62. The van der Waals surface area contributed by atoms with Crippen molar-refractivity contribution in [1.82, 2.24) is 5.32 Å². The molecule has 1 aromatic carbocycles. The van der Waals surface area contributed by atoms with Gasteiger partial charge in [0, 0.05) is 37.0 Å². The van der Waals surface area contributed by atoms with Crippen molar-refractivity contribution in [2.45, 2.75) is 45.3 Å². The van der Waals surface area contributed by atoms with E-state index in [2.05, 4.69) is 42.3 Å². The van der Waals surface area contributed by atoms with E-state index in [0.29, 0.717) is 12.1 Å². The Morgan fingerprint density at radius 3 is 2.67 bits per heavy atom. The molecule has 1 N–H and O–H groups in total. The SMILES string of the molecule is CCCNC(C)c1ccc(N2CCC(OC)CC2)cc1Cl. The van der Waals surface area contributed by atoms with Crippen LogP contribution in [0.15, 0.2) is 18.2 Å². The number of anilines is 1. The van der Waals surface area contributed by atoms with Gasteiger partial charge in [0.1, 0.15) is 0 Å². The number of benzene rings is 1. The van der Waals surface area contributed by atoms with E-state index in [1.807, 2.05) is 0 Å². The second kappa shape index (κ2) is 8.02. The minimum absolute atomic E-state index is 0.297. The van der Waals surface area contributed by atoms with Crippen LogP contribution in [-0.2, 0) is 4.74 Å². The summed E-state index contributed by atoms with van der Waals surface area (Å²) in [6.07, 6.45) is 3.72. The quantitative estimate of drug-likeness (QED) is 0.859. The third-order valence-electron chi connectivity index (χ3n) is 4.29. The number of nitrogens with zero attached hydrogens (tertiary/aromatic N) is 1. The maximum Gasteiger partial charge on any atom is 0.0605 e. The van der Waals surface area contributed by atoms with Gasteiger partial charge in [0.2, 0.25) is 0 Å². The zero-order valence-corrected chi connectivity index (χ0v) is 14.1. The van der Waals surface area contributed by atoms with E-state index in [-0.39, 0.29) is 0 Å². The van der Waals surface area contributed by atoms with Gasteiger partial charge in [0.15, 0.2) is 0 Å². The minimum atomic E-state index is 0.297. The Morgan fingerprint density at radius 1 is 1.38 bits per heavy atom. The molecule has 0 radical (unpaired) electrons. The Kier molecular flexibility index (Phi) is 6.34. The zero-order valence-electron chi connectivity index (χ0n) is 13.4. The molecule has 0 aromatic heterocycles. The highest BCUT2D eigenvalue weighted by molar-refractivity contribution is 6.31. The van der Waals surface area contributed by atoms with Crippen LogP contribution in [-0.4, -0.2) is 32.8 Å². The molecule has 1 aromatic rings. The van der Waals surface area contributed by atoms with Gasteiger partial charge in [-0.2, -0.15) is 0 Å². The molecule has 1 aliphatic heterocycles. The molecule has 118 valence electrons. The average molecular weight is 311 g/mol. The summed E-state index contributed by atoms with van der Waals surface area (Å²) in [4.78, 5) is 2.40. The van der Waals surface area contributed by atoms with Gasteiger partial charge >= 0.3 is 0 Å².